The maximum absolute atomic E-state index is 5.99. The fourth-order valence-corrected chi connectivity index (χ4v) is 3.04. The Morgan fingerprint density at radius 1 is 1.12 bits per heavy atom. The van der Waals surface area contributed by atoms with Gasteiger partial charge in [-0.15, -0.1) is 10.2 Å². The van der Waals surface area contributed by atoms with Gasteiger partial charge in [-0.25, -0.2) is 4.68 Å². The van der Waals surface area contributed by atoms with E-state index in [1.54, 1.807) is 24.4 Å². The fraction of sp³-hybridized carbons (Fsp3) is 0.222. The first-order valence-corrected chi connectivity index (χ1v) is 8.58. The van der Waals surface area contributed by atoms with E-state index in [0.29, 0.717) is 24.7 Å². The van der Waals surface area contributed by atoms with Crippen LogP contribution in [0, 0.1) is 6.92 Å². The van der Waals surface area contributed by atoms with Crippen molar-refractivity contribution in [2.45, 2.75) is 20.1 Å². The molecule has 0 unspecified atom stereocenters. The number of aromatic nitrogens is 3. The van der Waals surface area contributed by atoms with Crippen LogP contribution in [0.3, 0.4) is 0 Å². The molecule has 25 heavy (non-hydrogen) atoms. The van der Waals surface area contributed by atoms with Crippen molar-refractivity contribution in [3.8, 4) is 11.5 Å². The molecule has 0 spiro atoms. The number of aryl methyl sites for hydroxylation is 1. The minimum Gasteiger partial charge on any atom is -0.493 e. The zero-order valence-electron chi connectivity index (χ0n) is 14.1. The molecule has 3 aromatic rings. The maximum Gasteiger partial charge on any atom is 0.175 e. The third-order valence-corrected chi connectivity index (χ3v) is 4.23. The van der Waals surface area contributed by atoms with E-state index >= 15 is 0 Å². The Morgan fingerprint density at radius 3 is 2.64 bits per heavy atom. The van der Waals surface area contributed by atoms with Gasteiger partial charge in [0.25, 0.3) is 0 Å². The second kappa shape index (κ2) is 8.02. The molecular formula is C18H19BrN4O2. The average molecular weight is 403 g/mol. The molecule has 0 aliphatic rings. The van der Waals surface area contributed by atoms with Crippen LogP contribution in [0.25, 0.3) is 0 Å². The molecule has 0 amide bonds. The maximum atomic E-state index is 5.99. The van der Waals surface area contributed by atoms with E-state index < -0.39 is 0 Å². The van der Waals surface area contributed by atoms with Crippen LogP contribution in [0.4, 0.5) is 0 Å². The number of nitrogens with one attached hydrogen (secondary N) is 1. The first-order chi connectivity index (χ1) is 12.2. The van der Waals surface area contributed by atoms with Crippen LogP contribution < -0.4 is 14.9 Å². The monoisotopic (exact) mass is 402 g/mol. The molecule has 0 saturated heterocycles. The molecule has 2 aromatic carbocycles. The molecule has 0 aliphatic heterocycles. The van der Waals surface area contributed by atoms with Gasteiger partial charge in [-0.2, -0.15) is 0 Å². The third-order valence-electron chi connectivity index (χ3n) is 3.64. The summed E-state index contributed by atoms with van der Waals surface area (Å²) in [5, 5.41) is 7.51. The molecule has 6 nitrogen and oxygen atoms in total. The van der Waals surface area contributed by atoms with E-state index in [0.717, 1.165) is 15.6 Å². The van der Waals surface area contributed by atoms with E-state index in [1.807, 2.05) is 24.3 Å². The van der Waals surface area contributed by atoms with Gasteiger partial charge in [0.2, 0.25) is 0 Å². The van der Waals surface area contributed by atoms with Crippen molar-refractivity contribution in [1.29, 1.82) is 0 Å². The Labute approximate surface area is 154 Å². The van der Waals surface area contributed by atoms with Gasteiger partial charge in [-0.3, -0.25) is 0 Å². The second-order valence-electron chi connectivity index (χ2n) is 5.59. The summed E-state index contributed by atoms with van der Waals surface area (Å²) in [7, 11) is 1.64. The van der Waals surface area contributed by atoms with E-state index in [2.05, 4.69) is 50.6 Å². The highest BCUT2D eigenvalue weighted by Gasteiger charge is 2.12. The highest BCUT2D eigenvalue weighted by molar-refractivity contribution is 9.10. The quantitative estimate of drug-likeness (QED) is 0.652. The number of rotatable bonds is 7. The molecule has 3 rings (SSSR count). The number of benzene rings is 2. The lowest BCUT2D eigenvalue weighted by atomic mass is 10.1. The van der Waals surface area contributed by atoms with E-state index in [1.165, 1.54) is 5.56 Å². The van der Waals surface area contributed by atoms with Crippen molar-refractivity contribution >= 4 is 15.9 Å². The number of methoxy groups -OCH3 is 1. The molecule has 0 fully saturated rings. The molecular weight excluding hydrogens is 384 g/mol. The number of hydrogen-bond donors (Lipinski definition) is 1. The van der Waals surface area contributed by atoms with Gasteiger partial charge in [0, 0.05) is 0 Å². The van der Waals surface area contributed by atoms with Crippen molar-refractivity contribution in [3.05, 3.63) is 70.2 Å². The Morgan fingerprint density at radius 2 is 1.92 bits per heavy atom. The predicted molar refractivity (Wildman–Crippen MR) is 99.3 cm³/mol. The lowest BCUT2D eigenvalue weighted by Crippen LogP contribution is -2.12. The molecule has 0 radical (unpaired) electrons. The fourth-order valence-electron chi connectivity index (χ4n) is 2.44. The van der Waals surface area contributed by atoms with E-state index in [-0.39, 0.29) is 0 Å². The number of hydrogen-bond acceptors (Lipinski definition) is 5. The predicted octanol–water partition coefficient (Wildman–Crippen LogP) is 3.68. The Kier molecular flexibility index (Phi) is 5.55. The van der Waals surface area contributed by atoms with Crippen molar-refractivity contribution < 1.29 is 9.47 Å². The lowest BCUT2D eigenvalue weighted by molar-refractivity contribution is 0.282. The topological polar surface area (TPSA) is 61.2 Å². The first-order valence-electron chi connectivity index (χ1n) is 7.79. The summed E-state index contributed by atoms with van der Waals surface area (Å²) in [5.41, 5.74) is 6.55. The standard InChI is InChI=1S/C18H19BrN4O2/c1-13-4-3-5-14(6-13)10-25-18-16(19)7-15(8-17(18)24-2)9-22-23-11-20-21-12-23/h3-8,11-12,22H,9-10H2,1-2H3. The van der Waals surface area contributed by atoms with Gasteiger partial charge >= 0.3 is 0 Å². The zero-order chi connectivity index (χ0) is 17.6. The highest BCUT2D eigenvalue weighted by Crippen LogP contribution is 2.37. The molecule has 1 aromatic heterocycles. The largest absolute Gasteiger partial charge is 0.493 e. The summed E-state index contributed by atoms with van der Waals surface area (Å²) >= 11 is 3.58. The van der Waals surface area contributed by atoms with E-state index in [4.69, 9.17) is 9.47 Å². The minimum absolute atomic E-state index is 0.481. The number of ether oxygens (including phenoxy) is 2. The van der Waals surface area contributed by atoms with Crippen molar-refractivity contribution in [1.82, 2.24) is 14.9 Å². The molecule has 1 N–H and O–H groups in total. The van der Waals surface area contributed by atoms with Crippen LogP contribution in [0.15, 0.2) is 53.5 Å². The first kappa shape index (κ1) is 17.3. The summed E-state index contributed by atoms with van der Waals surface area (Å²) < 4.78 is 14.0. The SMILES string of the molecule is COc1cc(CNn2cnnc2)cc(Br)c1OCc1cccc(C)c1. The van der Waals surface area contributed by atoms with Crippen LogP contribution in [0.5, 0.6) is 11.5 Å². The van der Waals surface area contributed by atoms with Gasteiger partial charge < -0.3 is 14.9 Å². The smallest absolute Gasteiger partial charge is 0.175 e. The minimum atomic E-state index is 0.481. The number of halogens is 1. The Balaban J connectivity index is 1.72. The van der Waals surface area contributed by atoms with Crippen molar-refractivity contribution in [3.63, 3.8) is 0 Å². The van der Waals surface area contributed by atoms with Crippen LogP contribution in [0.1, 0.15) is 16.7 Å². The molecule has 0 saturated carbocycles. The third kappa shape index (κ3) is 4.51. The summed E-state index contributed by atoms with van der Waals surface area (Å²) in [6, 6.07) is 12.2. The van der Waals surface area contributed by atoms with Crippen LogP contribution in [-0.2, 0) is 13.2 Å². The lowest BCUT2D eigenvalue weighted by Gasteiger charge is -2.15. The zero-order valence-corrected chi connectivity index (χ0v) is 15.7. The molecule has 0 aliphatic carbocycles. The van der Waals surface area contributed by atoms with Gasteiger partial charge in [-0.1, -0.05) is 29.8 Å². The second-order valence-corrected chi connectivity index (χ2v) is 6.45. The summed E-state index contributed by atoms with van der Waals surface area (Å²) in [6.45, 7) is 3.15. The normalized spacial score (nSPS) is 10.5. The van der Waals surface area contributed by atoms with Gasteiger partial charge in [0.1, 0.15) is 19.3 Å². The number of nitrogens with zero attached hydrogens (tertiary/aromatic N) is 3. The average Bonchev–Trinajstić information content (AvgIpc) is 3.12. The van der Waals surface area contributed by atoms with Gasteiger partial charge in [-0.05, 0) is 46.1 Å². The Bertz CT molecular complexity index is 837. The van der Waals surface area contributed by atoms with Crippen molar-refractivity contribution in [2.24, 2.45) is 0 Å². The summed E-state index contributed by atoms with van der Waals surface area (Å²) in [4.78, 5) is 0. The molecule has 130 valence electrons. The van der Waals surface area contributed by atoms with Crippen molar-refractivity contribution in [2.75, 3.05) is 12.5 Å². The van der Waals surface area contributed by atoms with Crippen LogP contribution in [0.2, 0.25) is 0 Å². The van der Waals surface area contributed by atoms with Gasteiger partial charge in [0.15, 0.2) is 11.5 Å². The molecule has 0 bridgehead atoms. The molecule has 1 heterocycles. The van der Waals surface area contributed by atoms with E-state index in [9.17, 15) is 0 Å². The van der Waals surface area contributed by atoms with Crippen LogP contribution >= 0.6 is 15.9 Å². The van der Waals surface area contributed by atoms with Crippen LogP contribution in [-0.4, -0.2) is 22.0 Å². The Hall–Kier alpha value is -2.54. The summed E-state index contributed by atoms with van der Waals surface area (Å²) in [5.74, 6) is 1.37. The highest BCUT2D eigenvalue weighted by atomic mass is 79.9. The molecule has 7 heteroatoms. The van der Waals surface area contributed by atoms with Gasteiger partial charge in [0.05, 0.1) is 18.1 Å². The summed E-state index contributed by atoms with van der Waals surface area (Å²) in [6.07, 6.45) is 3.21. The molecule has 0 atom stereocenters.